The fourth-order valence-electron chi connectivity index (χ4n) is 7.31. The standard InChI is InChI=1S/C41H37.C5H5.C5H10.2ClH.Zr/c1-40(2,3)38-24-34-28(22-36(38)32-19-11-15-26-13-7-9-17-30(26)32)21-29-23-37(39(25-35(29)34)41(4,5)6)33-20-12-16-27-14-8-10-18-31(27)33;1-2-4-5-3-1;1-4-5(2)3;;;/h7-20,22,24-25H,21H2,1-6H3;1-5H;1,5H,4H2,2-3H3;2*1H;/q2*-1;;;;+2/p-2. The normalized spacial score (nSPS) is 11.7. The summed E-state index contributed by atoms with van der Waals surface area (Å²) in [6, 6.07) is 52.4. The molecule has 0 amide bonds. The SMILES string of the molecule is CC(C)(C)c1cc2c([c-]c1-c1cccc3ccccc13)Cc1cc(-c3cccc4ccccc34)c(C(C)(C)C)cc1-2.CC(C)C[CH]=[Zr+2].[Cl-].[Cl-].c1cc[cH-]c1. The minimum atomic E-state index is -0.0175. The van der Waals surface area contributed by atoms with Gasteiger partial charge < -0.3 is 24.8 Å². The van der Waals surface area contributed by atoms with Gasteiger partial charge in [-0.25, -0.2) is 12.1 Å². The Hall–Kier alpha value is -3.48. The van der Waals surface area contributed by atoms with Crippen LogP contribution in [0.3, 0.4) is 0 Å². The Labute approximate surface area is 351 Å². The Kier molecular flexibility index (Phi) is 14.8. The molecule has 7 aromatic rings. The molecule has 8 rings (SSSR count). The van der Waals surface area contributed by atoms with E-state index in [1.54, 1.807) is 24.2 Å². The molecular formula is C51H52Cl2Zr-2. The first-order valence-electron chi connectivity index (χ1n) is 18.8. The fourth-order valence-corrected chi connectivity index (χ4v) is 8.47. The second-order valence-corrected chi connectivity index (χ2v) is 17.5. The van der Waals surface area contributed by atoms with Crippen molar-refractivity contribution in [3.8, 4) is 33.4 Å². The van der Waals surface area contributed by atoms with Gasteiger partial charge in [0.15, 0.2) is 0 Å². The third kappa shape index (κ3) is 9.66. The molecule has 0 atom stereocenters. The molecule has 0 N–H and O–H groups in total. The van der Waals surface area contributed by atoms with Gasteiger partial charge >= 0.3 is 54.1 Å². The average Bonchev–Trinajstić information content (AvgIpc) is 3.81. The Morgan fingerprint density at radius 2 is 1.13 bits per heavy atom. The summed E-state index contributed by atoms with van der Waals surface area (Å²) >= 11 is 1.56. The van der Waals surface area contributed by atoms with Crippen molar-refractivity contribution in [3.63, 3.8) is 0 Å². The predicted octanol–water partition coefficient (Wildman–Crippen LogP) is 8.09. The smallest absolute Gasteiger partial charge is 0.172 e. The average molecular weight is 827 g/mol. The van der Waals surface area contributed by atoms with Gasteiger partial charge in [-0.05, 0) is 55.7 Å². The molecule has 1 aliphatic rings. The van der Waals surface area contributed by atoms with E-state index in [4.69, 9.17) is 0 Å². The van der Waals surface area contributed by atoms with Gasteiger partial charge in [-0.2, -0.15) is 18.2 Å². The minimum absolute atomic E-state index is 0. The summed E-state index contributed by atoms with van der Waals surface area (Å²) in [5.74, 6) is 0.865. The van der Waals surface area contributed by atoms with Crippen LogP contribution < -0.4 is 24.8 Å². The molecule has 0 bridgehead atoms. The molecule has 0 spiro atoms. The molecule has 276 valence electrons. The van der Waals surface area contributed by atoms with E-state index in [-0.39, 0.29) is 35.6 Å². The third-order valence-corrected chi connectivity index (χ3v) is 10.5. The van der Waals surface area contributed by atoms with Crippen LogP contribution in [0.15, 0.2) is 133 Å². The molecule has 54 heavy (non-hydrogen) atoms. The first-order chi connectivity index (χ1) is 24.9. The molecule has 0 nitrogen and oxygen atoms in total. The number of fused-ring (bicyclic) bond motifs is 5. The fraction of sp³-hybridized carbons (Fsp3) is 0.255. The Bertz CT molecular complexity index is 2140. The molecule has 0 fully saturated rings. The van der Waals surface area contributed by atoms with E-state index in [0.717, 1.165) is 12.3 Å². The first-order valence-corrected chi connectivity index (χ1v) is 20.2. The monoisotopic (exact) mass is 824 g/mol. The minimum Gasteiger partial charge on any atom is -1.00 e. The maximum atomic E-state index is 4.00. The first kappa shape index (κ1) is 43.3. The summed E-state index contributed by atoms with van der Waals surface area (Å²) in [7, 11) is 0. The Morgan fingerprint density at radius 3 is 1.63 bits per heavy atom. The van der Waals surface area contributed by atoms with Crippen molar-refractivity contribution in [1.82, 2.24) is 0 Å². The molecule has 3 heteroatoms. The van der Waals surface area contributed by atoms with Gasteiger partial charge in [-0.1, -0.05) is 161 Å². The zero-order valence-corrected chi connectivity index (χ0v) is 37.0. The second-order valence-electron chi connectivity index (χ2n) is 16.5. The van der Waals surface area contributed by atoms with Crippen LogP contribution in [0, 0.1) is 12.0 Å². The van der Waals surface area contributed by atoms with Gasteiger partial charge in [0.05, 0.1) is 0 Å². The molecule has 0 saturated heterocycles. The summed E-state index contributed by atoms with van der Waals surface area (Å²) in [5, 5.41) is 5.17. The van der Waals surface area contributed by atoms with Crippen molar-refractivity contribution in [2.24, 2.45) is 5.92 Å². The van der Waals surface area contributed by atoms with E-state index >= 15 is 0 Å². The summed E-state index contributed by atoms with van der Waals surface area (Å²) in [5.41, 5.74) is 13.4. The molecule has 0 heterocycles. The second kappa shape index (κ2) is 18.4. The molecule has 0 saturated carbocycles. The number of hydrogen-bond acceptors (Lipinski definition) is 0. The number of rotatable bonds is 4. The third-order valence-electron chi connectivity index (χ3n) is 9.96. The maximum Gasteiger partial charge on any atom is -0.172 e. The van der Waals surface area contributed by atoms with Gasteiger partial charge in [-0.3, -0.25) is 0 Å². The van der Waals surface area contributed by atoms with Crippen molar-refractivity contribution in [1.29, 1.82) is 0 Å². The van der Waals surface area contributed by atoms with Gasteiger partial charge in [-0.15, -0.1) is 28.8 Å². The van der Waals surface area contributed by atoms with Crippen LogP contribution in [0.5, 0.6) is 0 Å². The Balaban J connectivity index is 0.000000436. The molecule has 0 radical (unpaired) electrons. The van der Waals surface area contributed by atoms with Crippen LogP contribution in [0.25, 0.3) is 54.9 Å². The van der Waals surface area contributed by atoms with E-state index in [2.05, 4.69) is 168 Å². The molecule has 0 unspecified atom stereocenters. The summed E-state index contributed by atoms with van der Waals surface area (Å²) in [6.45, 7) is 18.5. The van der Waals surface area contributed by atoms with Crippen molar-refractivity contribution < 1.29 is 49.0 Å². The van der Waals surface area contributed by atoms with Crippen LogP contribution in [-0.4, -0.2) is 3.71 Å². The topological polar surface area (TPSA) is 0 Å². The van der Waals surface area contributed by atoms with Crippen LogP contribution in [-0.2, 0) is 41.5 Å². The zero-order chi connectivity index (χ0) is 37.0. The van der Waals surface area contributed by atoms with Crippen molar-refractivity contribution in [3.05, 3.63) is 162 Å². The van der Waals surface area contributed by atoms with Crippen LogP contribution in [0.4, 0.5) is 0 Å². The number of hydrogen-bond donors (Lipinski definition) is 0. The van der Waals surface area contributed by atoms with Crippen molar-refractivity contribution in [2.75, 3.05) is 0 Å². The quantitative estimate of drug-likeness (QED) is 0.158. The summed E-state index contributed by atoms with van der Waals surface area (Å²) < 4.78 is 2.29. The molecule has 1 aliphatic carbocycles. The molecule has 0 aliphatic heterocycles. The molecular weight excluding hydrogens is 775 g/mol. The molecule has 7 aromatic carbocycles. The predicted molar refractivity (Wildman–Crippen MR) is 224 cm³/mol. The van der Waals surface area contributed by atoms with Gasteiger partial charge in [0.2, 0.25) is 0 Å². The van der Waals surface area contributed by atoms with Gasteiger partial charge in [0, 0.05) is 0 Å². The van der Waals surface area contributed by atoms with E-state index in [9.17, 15) is 0 Å². The molecule has 0 aromatic heterocycles. The number of halogens is 2. The van der Waals surface area contributed by atoms with Crippen LogP contribution in [0.2, 0.25) is 0 Å². The van der Waals surface area contributed by atoms with Crippen LogP contribution in [0.1, 0.15) is 84.1 Å². The summed E-state index contributed by atoms with van der Waals surface area (Å²) in [4.78, 5) is 0. The largest absolute Gasteiger partial charge is 1.00 e. The Morgan fingerprint density at radius 1 is 0.611 bits per heavy atom. The zero-order valence-electron chi connectivity index (χ0n) is 33.0. The van der Waals surface area contributed by atoms with Crippen molar-refractivity contribution in [2.45, 2.75) is 79.1 Å². The van der Waals surface area contributed by atoms with Crippen LogP contribution >= 0.6 is 0 Å². The van der Waals surface area contributed by atoms with Gasteiger partial charge in [0.25, 0.3) is 0 Å². The van der Waals surface area contributed by atoms with Crippen molar-refractivity contribution >= 4 is 25.3 Å². The number of benzene rings is 6. The van der Waals surface area contributed by atoms with E-state index in [1.165, 1.54) is 83.6 Å². The summed E-state index contributed by atoms with van der Waals surface area (Å²) in [6.07, 6.45) is 2.20. The van der Waals surface area contributed by atoms with Gasteiger partial charge in [0.1, 0.15) is 0 Å². The van der Waals surface area contributed by atoms with E-state index < -0.39 is 0 Å². The van der Waals surface area contributed by atoms with E-state index in [1.807, 2.05) is 30.3 Å². The maximum absolute atomic E-state index is 4.00. The van der Waals surface area contributed by atoms with E-state index in [0.29, 0.717) is 0 Å².